The molecule has 1 aromatic carbocycles. The van der Waals surface area contributed by atoms with E-state index in [1.807, 2.05) is 31.2 Å². The van der Waals surface area contributed by atoms with E-state index in [4.69, 9.17) is 4.42 Å². The van der Waals surface area contributed by atoms with Crippen LogP contribution in [0.2, 0.25) is 0 Å². The zero-order chi connectivity index (χ0) is 18.6. The molecule has 5 nitrogen and oxygen atoms in total. The molecule has 0 radical (unpaired) electrons. The van der Waals surface area contributed by atoms with Gasteiger partial charge in [0, 0.05) is 10.3 Å². The number of amides is 1. The van der Waals surface area contributed by atoms with Crippen LogP contribution in [0, 0.1) is 0 Å². The molecule has 0 spiro atoms. The fraction of sp³-hybridized carbons (Fsp3) is 0.150. The van der Waals surface area contributed by atoms with E-state index in [9.17, 15) is 4.79 Å². The molecule has 1 N–H and O–H groups in total. The quantitative estimate of drug-likeness (QED) is 0.377. The van der Waals surface area contributed by atoms with E-state index < -0.39 is 0 Å². The highest BCUT2D eigenvalue weighted by Crippen LogP contribution is 2.37. The Morgan fingerprint density at radius 3 is 2.85 bits per heavy atom. The number of aromatic nitrogens is 2. The molecule has 0 saturated heterocycles. The number of hydrogen-bond donors (Lipinski definition) is 1. The molecule has 0 fully saturated rings. The van der Waals surface area contributed by atoms with Crippen LogP contribution in [0.15, 0.2) is 70.6 Å². The zero-order valence-corrected chi connectivity index (χ0v) is 16.2. The van der Waals surface area contributed by atoms with Crippen LogP contribution in [0.5, 0.6) is 0 Å². The van der Waals surface area contributed by atoms with Crippen molar-refractivity contribution in [1.29, 1.82) is 0 Å². The first-order valence-electron chi connectivity index (χ1n) is 8.47. The van der Waals surface area contributed by atoms with Crippen LogP contribution in [-0.2, 0) is 11.3 Å². The van der Waals surface area contributed by atoms with Crippen LogP contribution in [-0.4, -0.2) is 21.1 Å². The second-order valence-electron chi connectivity index (χ2n) is 5.93. The maximum absolute atomic E-state index is 12.4. The van der Waals surface area contributed by atoms with Gasteiger partial charge in [0.2, 0.25) is 5.91 Å². The standard InChI is InChI=1S/C20H17N3O2S2/c1-13(18(24)21-11-15-8-5-9-25-15)26-19-16-10-17(14-6-3-2-4-7-14)27-20(16)23-12-22-19/h2-10,12-13H,11H2,1H3,(H,21,24)/t13-/m1/s1. The minimum Gasteiger partial charge on any atom is -0.467 e. The summed E-state index contributed by atoms with van der Waals surface area (Å²) >= 11 is 3.07. The predicted molar refractivity (Wildman–Crippen MR) is 109 cm³/mol. The second kappa shape index (κ2) is 7.94. The van der Waals surface area contributed by atoms with Gasteiger partial charge in [-0.25, -0.2) is 9.97 Å². The average Bonchev–Trinajstić information content (AvgIpc) is 3.37. The van der Waals surface area contributed by atoms with Crippen molar-refractivity contribution in [2.75, 3.05) is 0 Å². The van der Waals surface area contributed by atoms with Crippen molar-refractivity contribution >= 4 is 39.2 Å². The number of benzene rings is 1. The first-order valence-corrected chi connectivity index (χ1v) is 10.2. The third-order valence-corrected chi connectivity index (χ3v) is 6.23. The van der Waals surface area contributed by atoms with Gasteiger partial charge < -0.3 is 9.73 Å². The van der Waals surface area contributed by atoms with Crippen LogP contribution < -0.4 is 5.32 Å². The zero-order valence-electron chi connectivity index (χ0n) is 14.6. The number of nitrogens with one attached hydrogen (secondary N) is 1. The van der Waals surface area contributed by atoms with E-state index in [0.29, 0.717) is 6.54 Å². The molecular weight excluding hydrogens is 378 g/mol. The van der Waals surface area contributed by atoms with Crippen molar-refractivity contribution in [3.05, 3.63) is 66.9 Å². The van der Waals surface area contributed by atoms with E-state index in [0.717, 1.165) is 31.4 Å². The van der Waals surface area contributed by atoms with Crippen molar-refractivity contribution in [2.45, 2.75) is 23.7 Å². The van der Waals surface area contributed by atoms with Crippen LogP contribution in [0.3, 0.4) is 0 Å². The number of furan rings is 1. The third kappa shape index (κ3) is 4.04. The van der Waals surface area contributed by atoms with Gasteiger partial charge in [-0.1, -0.05) is 42.1 Å². The summed E-state index contributed by atoms with van der Waals surface area (Å²) in [5.41, 5.74) is 1.15. The predicted octanol–water partition coefficient (Wildman–Crippen LogP) is 4.75. The Hall–Kier alpha value is -2.64. The maximum atomic E-state index is 12.4. The molecule has 0 bridgehead atoms. The number of fused-ring (bicyclic) bond motifs is 1. The molecule has 4 aromatic rings. The summed E-state index contributed by atoms with van der Waals surface area (Å²) in [4.78, 5) is 23.3. The minimum absolute atomic E-state index is 0.0540. The molecule has 3 heterocycles. The van der Waals surface area contributed by atoms with Crippen LogP contribution in [0.25, 0.3) is 20.7 Å². The molecule has 27 heavy (non-hydrogen) atoms. The normalized spacial score (nSPS) is 12.2. The van der Waals surface area contributed by atoms with Gasteiger partial charge in [-0.2, -0.15) is 0 Å². The van der Waals surface area contributed by atoms with E-state index in [1.165, 1.54) is 11.8 Å². The molecule has 0 aliphatic rings. The van der Waals surface area contributed by atoms with Crippen LogP contribution in [0.1, 0.15) is 12.7 Å². The lowest BCUT2D eigenvalue weighted by molar-refractivity contribution is -0.120. The van der Waals surface area contributed by atoms with Crippen LogP contribution in [0.4, 0.5) is 0 Å². The minimum atomic E-state index is -0.280. The van der Waals surface area contributed by atoms with Crippen molar-refractivity contribution in [3.8, 4) is 10.4 Å². The summed E-state index contributed by atoms with van der Waals surface area (Å²) in [6.45, 7) is 2.26. The largest absolute Gasteiger partial charge is 0.467 e. The van der Waals surface area contributed by atoms with E-state index in [1.54, 1.807) is 30.0 Å². The lowest BCUT2D eigenvalue weighted by atomic mass is 10.2. The molecule has 0 saturated carbocycles. The Kier molecular flexibility index (Phi) is 5.22. The van der Waals surface area contributed by atoms with Crippen molar-refractivity contribution < 1.29 is 9.21 Å². The number of rotatable bonds is 6. The highest BCUT2D eigenvalue weighted by molar-refractivity contribution is 8.00. The van der Waals surface area contributed by atoms with E-state index in [-0.39, 0.29) is 11.2 Å². The Labute approximate surface area is 164 Å². The Morgan fingerprint density at radius 2 is 2.07 bits per heavy atom. The van der Waals surface area contributed by atoms with Gasteiger partial charge in [0.15, 0.2) is 0 Å². The summed E-state index contributed by atoms with van der Waals surface area (Å²) in [6.07, 6.45) is 3.15. The summed E-state index contributed by atoms with van der Waals surface area (Å²) in [6, 6.07) is 15.9. The number of nitrogens with zero attached hydrogens (tertiary/aromatic N) is 2. The number of thiophene rings is 1. The Bertz CT molecular complexity index is 1050. The maximum Gasteiger partial charge on any atom is 0.233 e. The summed E-state index contributed by atoms with van der Waals surface area (Å²) in [7, 11) is 0. The van der Waals surface area contributed by atoms with E-state index in [2.05, 4.69) is 33.5 Å². The van der Waals surface area contributed by atoms with Gasteiger partial charge in [0.25, 0.3) is 0 Å². The van der Waals surface area contributed by atoms with Crippen molar-refractivity contribution in [2.24, 2.45) is 0 Å². The van der Waals surface area contributed by atoms with Crippen molar-refractivity contribution in [1.82, 2.24) is 15.3 Å². The first kappa shape index (κ1) is 17.8. The highest BCUT2D eigenvalue weighted by atomic mass is 32.2. The van der Waals surface area contributed by atoms with Crippen molar-refractivity contribution in [3.63, 3.8) is 0 Å². The molecule has 3 aromatic heterocycles. The molecule has 7 heteroatoms. The van der Waals surface area contributed by atoms with Gasteiger partial charge in [-0.05, 0) is 30.7 Å². The van der Waals surface area contributed by atoms with Gasteiger partial charge in [-0.3, -0.25) is 4.79 Å². The third-order valence-electron chi connectivity index (χ3n) is 4.03. The molecule has 4 rings (SSSR count). The molecule has 0 aliphatic carbocycles. The van der Waals surface area contributed by atoms with Gasteiger partial charge >= 0.3 is 0 Å². The Balaban J connectivity index is 1.51. The van der Waals surface area contributed by atoms with Crippen LogP contribution >= 0.6 is 23.1 Å². The molecule has 1 atom stereocenters. The lowest BCUT2D eigenvalue weighted by Crippen LogP contribution is -2.30. The average molecular weight is 396 g/mol. The summed E-state index contributed by atoms with van der Waals surface area (Å²) in [5.74, 6) is 0.678. The van der Waals surface area contributed by atoms with Gasteiger partial charge in [-0.15, -0.1) is 11.3 Å². The Morgan fingerprint density at radius 1 is 1.22 bits per heavy atom. The smallest absolute Gasteiger partial charge is 0.233 e. The number of thioether (sulfide) groups is 1. The first-order chi connectivity index (χ1) is 13.2. The molecule has 0 aliphatic heterocycles. The van der Waals surface area contributed by atoms with E-state index >= 15 is 0 Å². The SMILES string of the molecule is C[C@@H](Sc1ncnc2sc(-c3ccccc3)cc12)C(=O)NCc1ccco1. The summed E-state index contributed by atoms with van der Waals surface area (Å²) in [5, 5.41) is 4.41. The lowest BCUT2D eigenvalue weighted by Gasteiger charge is -2.11. The van der Waals surface area contributed by atoms with Gasteiger partial charge in [0.05, 0.1) is 18.1 Å². The molecular formula is C20H17N3O2S2. The fourth-order valence-corrected chi connectivity index (χ4v) is 4.61. The topological polar surface area (TPSA) is 68.0 Å². The highest BCUT2D eigenvalue weighted by Gasteiger charge is 2.18. The second-order valence-corrected chi connectivity index (χ2v) is 8.29. The molecule has 136 valence electrons. The van der Waals surface area contributed by atoms with Gasteiger partial charge in [0.1, 0.15) is 21.9 Å². The summed E-state index contributed by atoms with van der Waals surface area (Å²) < 4.78 is 5.24. The monoisotopic (exact) mass is 395 g/mol. The molecule has 0 unspecified atom stereocenters. The number of carbonyl (C=O) groups excluding carboxylic acids is 1. The number of carbonyl (C=O) groups is 1. The molecule has 1 amide bonds. The fourth-order valence-electron chi connectivity index (χ4n) is 2.62. The number of hydrogen-bond acceptors (Lipinski definition) is 6.